The first-order valence-corrected chi connectivity index (χ1v) is 17.0. The highest BCUT2D eigenvalue weighted by Gasteiger charge is 2.53. The Morgan fingerprint density at radius 3 is 2.11 bits per heavy atom. The predicted octanol–water partition coefficient (Wildman–Crippen LogP) is 4.30. The number of fused-ring (bicyclic) bond motifs is 3. The summed E-state index contributed by atoms with van der Waals surface area (Å²) in [5.74, 6) is 1.35. The van der Waals surface area contributed by atoms with Gasteiger partial charge in [-0.1, -0.05) is 13.8 Å². The van der Waals surface area contributed by atoms with Gasteiger partial charge in [-0.15, -0.1) is 0 Å². The molecule has 0 unspecified atom stereocenters. The second kappa shape index (κ2) is 13.7. The maximum Gasteiger partial charge on any atom is 0.310 e. The third kappa shape index (κ3) is 6.64. The first-order chi connectivity index (χ1) is 21.6. The minimum atomic E-state index is -3.63. The zero-order chi connectivity index (χ0) is 32.3. The third-order valence-corrected chi connectivity index (χ3v) is 8.95. The van der Waals surface area contributed by atoms with E-state index in [1.807, 2.05) is 43.0 Å². The Hall–Kier alpha value is -3.71. The standard InChI is InChI=1S/C32H42N2O10S/c1-7-10-34(11-8-2)27(33-45(6,36)37)9-12-41-30-21-16-24-23(43-18-44-24)15-20(21)28(29-22(30)17-42-32(29)35)19-13-25(38-3)31(40-5)26(14-19)39-4/h13-16,22,28-30H,7-12,17-18H2,1-6H3/b33-27+/t22-,28+,29-,30+/m0/s1. The van der Waals surface area contributed by atoms with Crippen LogP contribution in [0.5, 0.6) is 28.7 Å². The maximum atomic E-state index is 13.5. The van der Waals surface area contributed by atoms with Crippen LogP contribution in [0.3, 0.4) is 0 Å². The average Bonchev–Trinajstić information content (AvgIpc) is 3.64. The normalized spacial score (nSPS) is 22.0. The van der Waals surface area contributed by atoms with Crippen LogP contribution in [-0.4, -0.2) is 85.8 Å². The van der Waals surface area contributed by atoms with E-state index in [1.165, 1.54) is 0 Å². The molecule has 2 aromatic rings. The van der Waals surface area contributed by atoms with Crippen molar-refractivity contribution in [3.05, 3.63) is 41.0 Å². The minimum absolute atomic E-state index is 0.0868. The molecule has 5 rings (SSSR count). The van der Waals surface area contributed by atoms with Gasteiger partial charge in [0.25, 0.3) is 10.0 Å². The highest BCUT2D eigenvalue weighted by atomic mass is 32.2. The number of benzene rings is 2. The van der Waals surface area contributed by atoms with Crippen molar-refractivity contribution < 1.29 is 46.4 Å². The molecule has 3 aliphatic rings. The van der Waals surface area contributed by atoms with Gasteiger partial charge in [0.05, 0.1) is 52.8 Å². The van der Waals surface area contributed by atoms with Crippen molar-refractivity contribution in [2.24, 2.45) is 16.2 Å². The van der Waals surface area contributed by atoms with Crippen LogP contribution in [0.25, 0.3) is 0 Å². The van der Waals surface area contributed by atoms with Gasteiger partial charge < -0.3 is 38.1 Å². The van der Waals surface area contributed by atoms with E-state index in [0.717, 1.165) is 35.8 Å². The van der Waals surface area contributed by atoms with Crippen LogP contribution in [0, 0.1) is 11.8 Å². The van der Waals surface area contributed by atoms with Gasteiger partial charge in [-0.3, -0.25) is 4.79 Å². The molecule has 45 heavy (non-hydrogen) atoms. The Balaban J connectivity index is 1.56. The van der Waals surface area contributed by atoms with Gasteiger partial charge in [-0.05, 0) is 53.8 Å². The van der Waals surface area contributed by atoms with E-state index in [0.29, 0.717) is 47.7 Å². The van der Waals surface area contributed by atoms with E-state index in [-0.39, 0.29) is 38.3 Å². The summed E-state index contributed by atoms with van der Waals surface area (Å²) in [5.41, 5.74) is 2.47. The summed E-state index contributed by atoms with van der Waals surface area (Å²) in [6.07, 6.45) is 2.54. The Bertz CT molecular complexity index is 1510. The smallest absolute Gasteiger partial charge is 0.310 e. The number of carbonyl (C=O) groups excluding carboxylic acids is 1. The number of hydrogen-bond donors (Lipinski definition) is 0. The monoisotopic (exact) mass is 646 g/mol. The van der Waals surface area contributed by atoms with Crippen LogP contribution < -0.4 is 23.7 Å². The Labute approximate surface area is 264 Å². The summed E-state index contributed by atoms with van der Waals surface area (Å²) < 4.78 is 69.1. The molecule has 1 aliphatic carbocycles. The number of sulfonamides is 1. The van der Waals surface area contributed by atoms with Gasteiger partial charge in [-0.25, -0.2) is 8.42 Å². The van der Waals surface area contributed by atoms with Crippen molar-refractivity contribution in [2.45, 2.75) is 45.1 Å². The van der Waals surface area contributed by atoms with E-state index in [2.05, 4.69) is 4.40 Å². The van der Waals surface area contributed by atoms with E-state index in [4.69, 9.17) is 33.2 Å². The molecule has 246 valence electrons. The number of ether oxygens (including phenoxy) is 7. The van der Waals surface area contributed by atoms with Gasteiger partial charge in [-0.2, -0.15) is 4.40 Å². The molecule has 4 atom stereocenters. The summed E-state index contributed by atoms with van der Waals surface area (Å²) in [6.45, 7) is 5.89. The second-order valence-corrected chi connectivity index (χ2v) is 13.0. The predicted molar refractivity (Wildman–Crippen MR) is 166 cm³/mol. The van der Waals surface area contributed by atoms with Crippen LogP contribution in [0.2, 0.25) is 0 Å². The molecule has 2 heterocycles. The molecule has 0 spiro atoms. The molecule has 1 saturated heterocycles. The molecule has 12 nitrogen and oxygen atoms in total. The van der Waals surface area contributed by atoms with E-state index in [9.17, 15) is 13.2 Å². The molecule has 13 heteroatoms. The van der Waals surface area contributed by atoms with E-state index in [1.54, 1.807) is 21.3 Å². The fraction of sp³-hybridized carbons (Fsp3) is 0.562. The number of amidine groups is 1. The number of cyclic esters (lactones) is 1. The van der Waals surface area contributed by atoms with E-state index < -0.39 is 28.0 Å². The van der Waals surface area contributed by atoms with Gasteiger partial charge in [0, 0.05) is 31.3 Å². The van der Waals surface area contributed by atoms with Crippen LogP contribution in [0.1, 0.15) is 61.8 Å². The lowest BCUT2D eigenvalue weighted by atomic mass is 9.66. The number of rotatable bonds is 13. The Morgan fingerprint density at radius 2 is 1.56 bits per heavy atom. The van der Waals surface area contributed by atoms with Crippen LogP contribution in [-0.2, 0) is 24.3 Å². The van der Waals surface area contributed by atoms with Gasteiger partial charge in [0.15, 0.2) is 23.0 Å². The Morgan fingerprint density at radius 1 is 0.933 bits per heavy atom. The molecular weight excluding hydrogens is 604 g/mol. The molecule has 0 saturated carbocycles. The van der Waals surface area contributed by atoms with Crippen LogP contribution in [0.15, 0.2) is 28.7 Å². The first kappa shape index (κ1) is 32.7. The zero-order valence-corrected chi connectivity index (χ0v) is 27.5. The quantitative estimate of drug-likeness (QED) is 0.175. The lowest BCUT2D eigenvalue weighted by Crippen LogP contribution is -2.37. The molecule has 0 amide bonds. The topological polar surface area (TPSA) is 131 Å². The first-order valence-electron chi connectivity index (χ1n) is 15.2. The Kier molecular flexibility index (Phi) is 9.97. The van der Waals surface area contributed by atoms with Crippen molar-refractivity contribution in [3.63, 3.8) is 0 Å². The van der Waals surface area contributed by atoms with Gasteiger partial charge in [0.1, 0.15) is 5.84 Å². The molecule has 0 bridgehead atoms. The van der Waals surface area contributed by atoms with Crippen LogP contribution >= 0.6 is 0 Å². The lowest BCUT2D eigenvalue weighted by molar-refractivity contribution is -0.141. The fourth-order valence-electron chi connectivity index (χ4n) is 6.65. The summed E-state index contributed by atoms with van der Waals surface area (Å²) in [7, 11) is 1.01. The summed E-state index contributed by atoms with van der Waals surface area (Å²) in [6, 6.07) is 7.53. The molecular formula is C32H42N2O10S. The number of esters is 1. The average molecular weight is 647 g/mol. The molecule has 1 fully saturated rings. The largest absolute Gasteiger partial charge is 0.493 e. The molecule has 2 aliphatic heterocycles. The summed E-state index contributed by atoms with van der Waals surface area (Å²) in [5, 5.41) is 0. The molecule has 0 aromatic heterocycles. The van der Waals surface area contributed by atoms with Gasteiger partial charge >= 0.3 is 5.97 Å². The highest BCUT2D eigenvalue weighted by Crippen LogP contribution is 2.56. The van der Waals surface area contributed by atoms with Crippen LogP contribution in [0.4, 0.5) is 0 Å². The summed E-state index contributed by atoms with van der Waals surface area (Å²) >= 11 is 0. The second-order valence-electron chi connectivity index (χ2n) is 11.4. The number of nitrogens with zero attached hydrogens (tertiary/aromatic N) is 2. The summed E-state index contributed by atoms with van der Waals surface area (Å²) in [4.78, 5) is 15.5. The van der Waals surface area contributed by atoms with Crippen molar-refractivity contribution in [1.29, 1.82) is 0 Å². The van der Waals surface area contributed by atoms with Crippen molar-refractivity contribution in [3.8, 4) is 28.7 Å². The zero-order valence-electron chi connectivity index (χ0n) is 26.7. The molecule has 2 aromatic carbocycles. The van der Waals surface area contributed by atoms with Crippen molar-refractivity contribution in [2.75, 3.05) is 60.7 Å². The molecule has 0 N–H and O–H groups in total. The van der Waals surface area contributed by atoms with Gasteiger partial charge in [0.2, 0.25) is 12.5 Å². The SMILES string of the molecule is CCCN(CCC)/C(CCO[C@@H]1c2cc3c(cc2[C@@H](c2cc(OC)c(OC)c(OC)c2)[C@H]2C(=O)OC[C@@H]21)OCO3)=N/S(C)(=O)=O. The number of carbonyl (C=O) groups is 1. The van der Waals surface area contributed by atoms with Crippen molar-refractivity contribution in [1.82, 2.24) is 4.90 Å². The van der Waals surface area contributed by atoms with E-state index >= 15 is 0 Å². The minimum Gasteiger partial charge on any atom is -0.493 e. The molecule has 0 radical (unpaired) electrons. The fourth-order valence-corrected chi connectivity index (χ4v) is 7.24. The van der Waals surface area contributed by atoms with Crippen molar-refractivity contribution >= 4 is 21.8 Å². The highest BCUT2D eigenvalue weighted by molar-refractivity contribution is 7.89. The maximum absolute atomic E-state index is 13.5. The lowest BCUT2D eigenvalue weighted by Gasteiger charge is -2.39. The number of hydrogen-bond acceptors (Lipinski definition) is 10. The number of methoxy groups -OCH3 is 3. The third-order valence-electron chi connectivity index (χ3n) is 8.41.